The van der Waals surface area contributed by atoms with Gasteiger partial charge in [-0.2, -0.15) is 0 Å². The first kappa shape index (κ1) is 14.6. The van der Waals surface area contributed by atoms with Crippen LogP contribution in [0.1, 0.15) is 22.0 Å². The second-order valence-electron chi connectivity index (χ2n) is 4.98. The Bertz CT molecular complexity index is 697. The number of Topliss-reactive ketones (excluding diaryl/α,β-unsaturated/α-hetero) is 1. The number of ketones is 1. The van der Waals surface area contributed by atoms with E-state index >= 15 is 0 Å². The smallest absolute Gasteiger partial charge is 0.305 e. The molecule has 22 heavy (non-hydrogen) atoms. The minimum absolute atomic E-state index is 0.334. The first-order chi connectivity index (χ1) is 10.6. The Kier molecular flexibility index (Phi) is 3.60. The summed E-state index contributed by atoms with van der Waals surface area (Å²) in [5.41, 5.74) is 0.898. The van der Waals surface area contributed by atoms with Crippen molar-refractivity contribution in [2.45, 2.75) is 11.9 Å². The van der Waals surface area contributed by atoms with Crippen molar-refractivity contribution in [3.05, 3.63) is 59.7 Å². The van der Waals surface area contributed by atoms with Crippen LogP contribution < -0.4 is 9.47 Å². The molecule has 0 fully saturated rings. The fourth-order valence-electron chi connectivity index (χ4n) is 2.58. The fraction of sp³-hybridized carbons (Fsp3) is 0.235. The van der Waals surface area contributed by atoms with E-state index in [2.05, 4.69) is 0 Å². The molecule has 0 saturated heterocycles. The maximum atomic E-state index is 12.7. The quantitative estimate of drug-likeness (QED) is 0.939. The number of aliphatic hydroxyl groups is 1. The van der Waals surface area contributed by atoms with Crippen LogP contribution in [-0.4, -0.2) is 30.9 Å². The number of hydrogen-bond donors (Lipinski definition) is 1. The number of carbonyl (C=O) groups excluding carboxylic acids is 1. The molecule has 0 radical (unpaired) electrons. The van der Waals surface area contributed by atoms with Gasteiger partial charge in [-0.25, -0.2) is 0 Å². The SMILES string of the molecule is COc1ccc2c(c1)O[C@](OC)([C@@H](O)c1ccccc1)C2=O. The third-order valence-corrected chi connectivity index (χ3v) is 3.79. The van der Waals surface area contributed by atoms with Crippen molar-refractivity contribution in [3.63, 3.8) is 0 Å². The molecule has 0 aromatic heterocycles. The Hall–Kier alpha value is -2.37. The average Bonchev–Trinajstić information content (AvgIpc) is 2.87. The maximum absolute atomic E-state index is 12.7. The van der Waals surface area contributed by atoms with Crippen LogP contribution in [0.3, 0.4) is 0 Å². The van der Waals surface area contributed by atoms with Crippen LogP contribution in [0.25, 0.3) is 0 Å². The summed E-state index contributed by atoms with van der Waals surface area (Å²) in [5, 5.41) is 10.6. The molecule has 1 aliphatic heterocycles. The van der Waals surface area contributed by atoms with Gasteiger partial charge in [0.15, 0.2) is 6.10 Å². The predicted molar refractivity (Wildman–Crippen MR) is 79.1 cm³/mol. The van der Waals surface area contributed by atoms with E-state index in [9.17, 15) is 9.90 Å². The normalized spacial score (nSPS) is 21.1. The van der Waals surface area contributed by atoms with Gasteiger partial charge in [0, 0.05) is 13.2 Å². The summed E-state index contributed by atoms with van der Waals surface area (Å²) in [6.07, 6.45) is -1.25. The Labute approximate surface area is 128 Å². The fourth-order valence-corrected chi connectivity index (χ4v) is 2.58. The molecule has 0 aliphatic carbocycles. The van der Waals surface area contributed by atoms with Crippen LogP contribution in [0, 0.1) is 0 Å². The van der Waals surface area contributed by atoms with Gasteiger partial charge in [-0.3, -0.25) is 4.79 Å². The molecule has 5 nitrogen and oxygen atoms in total. The highest BCUT2D eigenvalue weighted by atomic mass is 16.7. The number of carbonyl (C=O) groups is 1. The summed E-state index contributed by atoms with van der Waals surface area (Å²) >= 11 is 0. The van der Waals surface area contributed by atoms with Crippen LogP contribution in [-0.2, 0) is 4.74 Å². The predicted octanol–water partition coefficient (Wildman–Crippen LogP) is 2.35. The van der Waals surface area contributed by atoms with Crippen molar-refractivity contribution >= 4 is 5.78 Å². The Balaban J connectivity index is 2.03. The molecule has 0 unspecified atom stereocenters. The molecule has 0 saturated carbocycles. The molecule has 0 amide bonds. The third-order valence-electron chi connectivity index (χ3n) is 3.79. The van der Waals surface area contributed by atoms with Crippen LogP contribution in [0.15, 0.2) is 48.5 Å². The third kappa shape index (κ3) is 2.06. The summed E-state index contributed by atoms with van der Waals surface area (Å²) in [6.45, 7) is 0. The number of rotatable bonds is 4. The van der Waals surface area contributed by atoms with Gasteiger partial charge in [0.05, 0.1) is 12.7 Å². The molecule has 1 N–H and O–H groups in total. The van der Waals surface area contributed by atoms with Gasteiger partial charge in [-0.1, -0.05) is 30.3 Å². The number of aliphatic hydroxyl groups excluding tert-OH is 1. The zero-order valence-corrected chi connectivity index (χ0v) is 12.3. The highest BCUT2D eigenvalue weighted by molar-refractivity contribution is 6.07. The van der Waals surface area contributed by atoms with Crippen molar-refractivity contribution in [2.24, 2.45) is 0 Å². The van der Waals surface area contributed by atoms with Gasteiger partial charge in [0.25, 0.3) is 0 Å². The summed E-state index contributed by atoms with van der Waals surface area (Å²) in [6, 6.07) is 13.7. The minimum Gasteiger partial charge on any atom is -0.497 e. The molecular weight excluding hydrogens is 284 g/mol. The molecule has 2 atom stereocenters. The number of benzene rings is 2. The van der Waals surface area contributed by atoms with Crippen molar-refractivity contribution < 1.29 is 24.1 Å². The minimum atomic E-state index is -1.78. The van der Waals surface area contributed by atoms with Gasteiger partial charge in [0.2, 0.25) is 5.78 Å². The van der Waals surface area contributed by atoms with Gasteiger partial charge < -0.3 is 19.3 Å². The first-order valence-electron chi connectivity index (χ1n) is 6.82. The van der Waals surface area contributed by atoms with Gasteiger partial charge in [-0.05, 0) is 17.7 Å². The molecule has 3 rings (SSSR count). The Morgan fingerprint density at radius 3 is 2.50 bits per heavy atom. The summed E-state index contributed by atoms with van der Waals surface area (Å²) in [4.78, 5) is 12.7. The molecule has 2 aromatic carbocycles. The molecule has 2 aromatic rings. The average molecular weight is 300 g/mol. The molecule has 114 valence electrons. The maximum Gasteiger partial charge on any atom is 0.305 e. The second-order valence-corrected chi connectivity index (χ2v) is 4.98. The lowest BCUT2D eigenvalue weighted by atomic mass is 9.95. The number of hydrogen-bond acceptors (Lipinski definition) is 5. The van der Waals surface area contributed by atoms with E-state index in [1.54, 1.807) is 42.5 Å². The van der Waals surface area contributed by atoms with E-state index in [1.165, 1.54) is 14.2 Å². The lowest BCUT2D eigenvalue weighted by molar-refractivity contribution is -0.183. The van der Waals surface area contributed by atoms with E-state index < -0.39 is 17.7 Å². The van der Waals surface area contributed by atoms with E-state index in [4.69, 9.17) is 14.2 Å². The molecule has 1 aliphatic rings. The van der Waals surface area contributed by atoms with E-state index in [1.807, 2.05) is 6.07 Å². The lowest BCUT2D eigenvalue weighted by Gasteiger charge is -2.30. The highest BCUT2D eigenvalue weighted by Crippen LogP contribution is 2.43. The summed E-state index contributed by atoms with van der Waals surface area (Å²) in [5.74, 6) is -1.30. The van der Waals surface area contributed by atoms with Gasteiger partial charge in [0.1, 0.15) is 11.5 Å². The highest BCUT2D eigenvalue weighted by Gasteiger charge is 2.55. The molecule has 0 spiro atoms. The number of methoxy groups -OCH3 is 2. The van der Waals surface area contributed by atoms with Crippen LogP contribution >= 0.6 is 0 Å². The summed E-state index contributed by atoms with van der Waals surface area (Å²) < 4.78 is 16.2. The number of fused-ring (bicyclic) bond motifs is 1. The van der Waals surface area contributed by atoms with Crippen LogP contribution in [0.5, 0.6) is 11.5 Å². The largest absolute Gasteiger partial charge is 0.497 e. The standard InChI is InChI=1S/C17H16O5/c1-20-12-8-9-13-14(10-12)22-17(21-2,16(13)19)15(18)11-6-4-3-5-7-11/h3-10,15,18H,1-2H3/t15-,17+/m0/s1. The zero-order chi connectivity index (χ0) is 15.7. The Morgan fingerprint density at radius 1 is 1.14 bits per heavy atom. The van der Waals surface area contributed by atoms with Crippen molar-refractivity contribution in [1.29, 1.82) is 0 Å². The summed E-state index contributed by atoms with van der Waals surface area (Å²) in [7, 11) is 2.87. The van der Waals surface area contributed by atoms with Crippen molar-refractivity contribution in [2.75, 3.05) is 14.2 Å². The lowest BCUT2D eigenvalue weighted by Crippen LogP contribution is -2.48. The van der Waals surface area contributed by atoms with Crippen LogP contribution in [0.2, 0.25) is 0 Å². The van der Waals surface area contributed by atoms with Crippen LogP contribution in [0.4, 0.5) is 0 Å². The molecule has 5 heteroatoms. The van der Waals surface area contributed by atoms with E-state index in [-0.39, 0.29) is 0 Å². The van der Waals surface area contributed by atoms with Gasteiger partial charge >= 0.3 is 5.79 Å². The van der Waals surface area contributed by atoms with E-state index in [0.29, 0.717) is 22.6 Å². The zero-order valence-electron chi connectivity index (χ0n) is 12.3. The topological polar surface area (TPSA) is 65.0 Å². The van der Waals surface area contributed by atoms with E-state index in [0.717, 1.165) is 0 Å². The molecule has 0 bridgehead atoms. The Morgan fingerprint density at radius 2 is 1.86 bits per heavy atom. The number of ether oxygens (including phenoxy) is 3. The van der Waals surface area contributed by atoms with Crippen molar-refractivity contribution in [3.8, 4) is 11.5 Å². The first-order valence-corrected chi connectivity index (χ1v) is 6.82. The van der Waals surface area contributed by atoms with Crippen molar-refractivity contribution in [1.82, 2.24) is 0 Å². The molecular formula is C17H16O5. The second kappa shape index (κ2) is 5.44. The van der Waals surface area contributed by atoms with Gasteiger partial charge in [-0.15, -0.1) is 0 Å². The molecule has 1 heterocycles. The monoisotopic (exact) mass is 300 g/mol.